The van der Waals surface area contributed by atoms with Crippen molar-refractivity contribution < 1.29 is 4.79 Å². The molecule has 1 aliphatic heterocycles. The minimum atomic E-state index is 0. The summed E-state index contributed by atoms with van der Waals surface area (Å²) in [5.41, 5.74) is 2.13. The quantitative estimate of drug-likeness (QED) is 0.860. The largest absolute Gasteiger partial charge is 0.354 e. The number of halogens is 2. The molecule has 1 aliphatic rings. The number of carbonyl (C=O) groups excluding carboxylic acids is 1. The van der Waals surface area contributed by atoms with Gasteiger partial charge < -0.3 is 15.2 Å². The molecule has 2 aromatic rings. The first-order valence-corrected chi connectivity index (χ1v) is 7.57. The van der Waals surface area contributed by atoms with Gasteiger partial charge in [0.1, 0.15) is 5.82 Å². The molecule has 3 rings (SSSR count). The number of hydrogen-bond donors (Lipinski definition) is 2. The van der Waals surface area contributed by atoms with Crippen LogP contribution in [0.4, 0.5) is 0 Å². The third-order valence-electron chi connectivity index (χ3n) is 4.41. The second-order valence-corrected chi connectivity index (χ2v) is 5.80. The lowest BCUT2D eigenvalue weighted by Crippen LogP contribution is -2.49. The number of imidazole rings is 1. The van der Waals surface area contributed by atoms with Crippen molar-refractivity contribution in [3.63, 3.8) is 0 Å². The lowest BCUT2D eigenvalue weighted by Gasteiger charge is -2.31. The molecule has 0 spiro atoms. The first kappa shape index (κ1) is 19.7. The molecule has 2 N–H and O–H groups in total. The summed E-state index contributed by atoms with van der Waals surface area (Å²) in [5.74, 6) is 1.72. The molecule has 1 aromatic heterocycles. The van der Waals surface area contributed by atoms with Gasteiger partial charge >= 0.3 is 0 Å². The molecule has 0 aliphatic carbocycles. The second kappa shape index (κ2) is 8.52. The van der Waals surface area contributed by atoms with Crippen molar-refractivity contribution in [2.75, 3.05) is 19.6 Å². The summed E-state index contributed by atoms with van der Waals surface area (Å²) in [4.78, 5) is 16.6. The third kappa shape index (κ3) is 4.16. The van der Waals surface area contributed by atoms with Crippen LogP contribution in [0.3, 0.4) is 0 Å². The van der Waals surface area contributed by atoms with Crippen LogP contribution in [0, 0.1) is 18.8 Å². The maximum absolute atomic E-state index is 12.1. The number of nitrogens with zero attached hydrogens (tertiary/aromatic N) is 2. The third-order valence-corrected chi connectivity index (χ3v) is 4.41. The average Bonchev–Trinajstić information content (AvgIpc) is 2.73. The molecule has 0 saturated carbocycles. The summed E-state index contributed by atoms with van der Waals surface area (Å²) >= 11 is 0. The van der Waals surface area contributed by atoms with Gasteiger partial charge in [0, 0.05) is 19.0 Å². The van der Waals surface area contributed by atoms with Crippen molar-refractivity contribution in [1.82, 2.24) is 20.2 Å². The first-order chi connectivity index (χ1) is 10.2. The van der Waals surface area contributed by atoms with Gasteiger partial charge in [-0.05, 0) is 38.1 Å². The number of amides is 1. The van der Waals surface area contributed by atoms with Gasteiger partial charge in [0.05, 0.1) is 11.0 Å². The summed E-state index contributed by atoms with van der Waals surface area (Å²) in [7, 11) is 0. The van der Waals surface area contributed by atoms with Gasteiger partial charge in [0.25, 0.3) is 0 Å². The second-order valence-electron chi connectivity index (χ2n) is 5.80. The van der Waals surface area contributed by atoms with Crippen LogP contribution in [-0.2, 0) is 11.3 Å². The number of nitrogens with one attached hydrogen (secondary N) is 2. The van der Waals surface area contributed by atoms with E-state index in [0.29, 0.717) is 12.5 Å². The summed E-state index contributed by atoms with van der Waals surface area (Å²) in [5, 5.41) is 6.26. The Labute approximate surface area is 149 Å². The Morgan fingerprint density at radius 1 is 1.39 bits per heavy atom. The zero-order valence-corrected chi connectivity index (χ0v) is 15.0. The highest BCUT2D eigenvalue weighted by atomic mass is 35.5. The fourth-order valence-corrected chi connectivity index (χ4v) is 2.81. The van der Waals surface area contributed by atoms with Gasteiger partial charge in [-0.25, -0.2) is 4.98 Å². The molecule has 5 nitrogen and oxygen atoms in total. The van der Waals surface area contributed by atoms with E-state index in [0.717, 1.165) is 36.5 Å². The standard InChI is InChI=1S/C16H22N4O.2ClH/c1-11(13-9-17-10-13)16(21)18-7-8-20-12(2)19-14-5-3-4-6-15(14)20;;/h3-6,11,13,17H,7-10H2,1-2H3,(H,18,21);2*1H. The van der Waals surface area contributed by atoms with E-state index in [1.807, 2.05) is 32.0 Å². The number of carbonyl (C=O) groups is 1. The smallest absolute Gasteiger partial charge is 0.223 e. The molecule has 23 heavy (non-hydrogen) atoms. The van der Waals surface area contributed by atoms with Crippen molar-refractivity contribution in [3.05, 3.63) is 30.1 Å². The average molecular weight is 359 g/mol. The summed E-state index contributed by atoms with van der Waals surface area (Å²) in [6, 6.07) is 8.10. The monoisotopic (exact) mass is 358 g/mol. The van der Waals surface area contributed by atoms with Crippen LogP contribution in [-0.4, -0.2) is 35.1 Å². The SMILES string of the molecule is Cc1nc2ccccc2n1CCNC(=O)C(C)C1CNC1.Cl.Cl. The van der Waals surface area contributed by atoms with Gasteiger partial charge in [0.2, 0.25) is 5.91 Å². The molecule has 128 valence electrons. The number of fused-ring (bicyclic) bond motifs is 1. The summed E-state index contributed by atoms with van der Waals surface area (Å²) < 4.78 is 2.16. The van der Waals surface area contributed by atoms with Crippen LogP contribution in [0.5, 0.6) is 0 Å². The Balaban J connectivity index is 0.00000132. The number of benzene rings is 1. The Bertz CT molecular complexity index is 655. The van der Waals surface area contributed by atoms with Crippen molar-refractivity contribution in [1.29, 1.82) is 0 Å². The molecule has 1 saturated heterocycles. The predicted octanol–water partition coefficient (Wildman–Crippen LogP) is 2.16. The zero-order valence-electron chi connectivity index (χ0n) is 13.4. The molecule has 1 fully saturated rings. The van der Waals surface area contributed by atoms with Crippen molar-refractivity contribution in [2.24, 2.45) is 11.8 Å². The first-order valence-electron chi connectivity index (χ1n) is 7.57. The van der Waals surface area contributed by atoms with Crippen LogP contribution >= 0.6 is 24.8 Å². The Morgan fingerprint density at radius 3 is 2.74 bits per heavy atom. The van der Waals surface area contributed by atoms with E-state index in [9.17, 15) is 4.79 Å². The van der Waals surface area contributed by atoms with E-state index in [1.54, 1.807) is 0 Å². The van der Waals surface area contributed by atoms with E-state index in [2.05, 4.69) is 26.3 Å². The van der Waals surface area contributed by atoms with Crippen molar-refractivity contribution in [3.8, 4) is 0 Å². The minimum Gasteiger partial charge on any atom is -0.354 e. The lowest BCUT2D eigenvalue weighted by atomic mass is 9.88. The molecular weight excluding hydrogens is 335 g/mol. The Morgan fingerprint density at radius 2 is 2.09 bits per heavy atom. The molecule has 1 aromatic carbocycles. The number of aryl methyl sites for hydroxylation is 1. The molecular formula is C16H24Cl2N4O. The zero-order chi connectivity index (χ0) is 14.8. The normalized spacial score (nSPS) is 15.2. The minimum absolute atomic E-state index is 0. The van der Waals surface area contributed by atoms with Gasteiger partial charge in [-0.3, -0.25) is 4.79 Å². The molecule has 1 atom stereocenters. The van der Waals surface area contributed by atoms with E-state index in [4.69, 9.17) is 0 Å². The summed E-state index contributed by atoms with van der Waals surface area (Å²) in [6.45, 7) is 7.33. The molecule has 1 unspecified atom stereocenters. The fourth-order valence-electron chi connectivity index (χ4n) is 2.81. The van der Waals surface area contributed by atoms with Crippen LogP contribution in [0.15, 0.2) is 24.3 Å². The molecule has 2 heterocycles. The maximum Gasteiger partial charge on any atom is 0.223 e. The molecule has 7 heteroatoms. The predicted molar refractivity (Wildman–Crippen MR) is 97.5 cm³/mol. The van der Waals surface area contributed by atoms with Gasteiger partial charge in [-0.1, -0.05) is 19.1 Å². The number of rotatable bonds is 5. The van der Waals surface area contributed by atoms with Gasteiger partial charge in [-0.15, -0.1) is 24.8 Å². The van der Waals surface area contributed by atoms with Crippen LogP contribution < -0.4 is 10.6 Å². The highest BCUT2D eigenvalue weighted by Gasteiger charge is 2.28. The van der Waals surface area contributed by atoms with Gasteiger partial charge in [0.15, 0.2) is 0 Å². The van der Waals surface area contributed by atoms with E-state index in [1.165, 1.54) is 0 Å². The fraction of sp³-hybridized carbons (Fsp3) is 0.500. The number of aromatic nitrogens is 2. The van der Waals surface area contributed by atoms with Gasteiger partial charge in [-0.2, -0.15) is 0 Å². The van der Waals surface area contributed by atoms with Crippen LogP contribution in [0.25, 0.3) is 11.0 Å². The highest BCUT2D eigenvalue weighted by molar-refractivity contribution is 5.85. The summed E-state index contributed by atoms with van der Waals surface area (Å²) in [6.07, 6.45) is 0. The Hall–Kier alpha value is -1.30. The van der Waals surface area contributed by atoms with Crippen molar-refractivity contribution in [2.45, 2.75) is 20.4 Å². The number of hydrogen-bond acceptors (Lipinski definition) is 3. The Kier molecular flexibility index (Phi) is 7.32. The van der Waals surface area contributed by atoms with Crippen LogP contribution in [0.1, 0.15) is 12.7 Å². The lowest BCUT2D eigenvalue weighted by molar-refractivity contribution is -0.126. The van der Waals surface area contributed by atoms with E-state index < -0.39 is 0 Å². The maximum atomic E-state index is 12.1. The van der Waals surface area contributed by atoms with Crippen molar-refractivity contribution >= 4 is 41.8 Å². The topological polar surface area (TPSA) is 59.0 Å². The molecule has 0 bridgehead atoms. The molecule has 0 radical (unpaired) electrons. The highest BCUT2D eigenvalue weighted by Crippen LogP contribution is 2.16. The number of para-hydroxylation sites is 2. The van der Waals surface area contributed by atoms with E-state index in [-0.39, 0.29) is 36.6 Å². The molecule has 1 amide bonds. The van der Waals surface area contributed by atoms with E-state index >= 15 is 0 Å². The van der Waals surface area contributed by atoms with Crippen LogP contribution in [0.2, 0.25) is 0 Å².